The number of benzene rings is 3. The second-order valence-corrected chi connectivity index (χ2v) is 8.79. The lowest BCUT2D eigenvalue weighted by molar-refractivity contribution is -0.139. The summed E-state index contributed by atoms with van der Waals surface area (Å²) >= 11 is 0. The molecule has 0 radical (unpaired) electrons. The van der Waals surface area contributed by atoms with Gasteiger partial charge in [-0.1, -0.05) is 12.1 Å². The summed E-state index contributed by atoms with van der Waals surface area (Å²) in [6, 6.07) is 17.8. The number of aliphatic hydroxyl groups excluding tert-OH is 1. The van der Waals surface area contributed by atoms with E-state index in [0.717, 1.165) is 22.2 Å². The summed E-state index contributed by atoms with van der Waals surface area (Å²) < 4.78 is 10.5. The highest BCUT2D eigenvalue weighted by Gasteiger charge is 2.45. The van der Waals surface area contributed by atoms with Crippen molar-refractivity contribution in [1.29, 1.82) is 0 Å². The number of phenolic OH excluding ortho intramolecular Hbond substituents is 1. The number of aromatic amines is 1. The van der Waals surface area contributed by atoms with Crippen LogP contribution in [0.15, 0.2) is 78.5 Å². The maximum absolute atomic E-state index is 13.3. The molecule has 1 atom stereocenters. The Bertz CT molecular complexity index is 1500. The van der Waals surface area contributed by atoms with Crippen molar-refractivity contribution in [3.8, 4) is 17.2 Å². The molecule has 0 spiro atoms. The molecule has 1 amide bonds. The predicted molar refractivity (Wildman–Crippen MR) is 139 cm³/mol. The number of ketones is 1. The molecule has 1 unspecified atom stereocenters. The molecular weight excluding hydrogens is 472 g/mol. The van der Waals surface area contributed by atoms with E-state index in [-0.39, 0.29) is 23.6 Å². The van der Waals surface area contributed by atoms with Crippen molar-refractivity contribution in [2.75, 3.05) is 20.8 Å². The van der Waals surface area contributed by atoms with Gasteiger partial charge in [-0.05, 0) is 72.1 Å². The molecule has 1 saturated heterocycles. The Morgan fingerprint density at radius 3 is 2.30 bits per heavy atom. The van der Waals surface area contributed by atoms with E-state index >= 15 is 0 Å². The van der Waals surface area contributed by atoms with Gasteiger partial charge in [0.2, 0.25) is 0 Å². The predicted octanol–water partition coefficient (Wildman–Crippen LogP) is 4.56. The van der Waals surface area contributed by atoms with Crippen LogP contribution in [0.3, 0.4) is 0 Å². The highest BCUT2D eigenvalue weighted by atomic mass is 16.5. The summed E-state index contributed by atoms with van der Waals surface area (Å²) in [5, 5.41) is 22.0. The van der Waals surface area contributed by atoms with Gasteiger partial charge < -0.3 is 29.6 Å². The fourth-order valence-electron chi connectivity index (χ4n) is 4.75. The number of aromatic nitrogens is 1. The van der Waals surface area contributed by atoms with E-state index < -0.39 is 17.7 Å². The van der Waals surface area contributed by atoms with Crippen molar-refractivity contribution in [1.82, 2.24) is 9.88 Å². The first-order valence-corrected chi connectivity index (χ1v) is 11.8. The molecule has 3 N–H and O–H groups in total. The number of H-pyrrole nitrogens is 1. The van der Waals surface area contributed by atoms with Gasteiger partial charge in [0, 0.05) is 29.2 Å². The third-order valence-corrected chi connectivity index (χ3v) is 6.71. The van der Waals surface area contributed by atoms with Crippen LogP contribution in [0.1, 0.15) is 22.7 Å². The number of hydrogen-bond donors (Lipinski definition) is 3. The van der Waals surface area contributed by atoms with E-state index in [4.69, 9.17) is 9.47 Å². The third kappa shape index (κ3) is 4.38. The smallest absolute Gasteiger partial charge is 0.295 e. The molecule has 3 aromatic carbocycles. The van der Waals surface area contributed by atoms with E-state index in [1.165, 1.54) is 24.1 Å². The van der Waals surface area contributed by atoms with Crippen molar-refractivity contribution in [2.45, 2.75) is 12.5 Å². The van der Waals surface area contributed by atoms with Crippen LogP contribution in [0.25, 0.3) is 16.7 Å². The quantitative estimate of drug-likeness (QED) is 0.196. The van der Waals surface area contributed by atoms with E-state index in [9.17, 15) is 19.8 Å². The molecule has 1 aromatic heterocycles. The van der Waals surface area contributed by atoms with Gasteiger partial charge in [0.05, 0.1) is 25.8 Å². The van der Waals surface area contributed by atoms with E-state index in [2.05, 4.69) is 4.98 Å². The summed E-state index contributed by atoms with van der Waals surface area (Å²) in [7, 11) is 3.14. The summed E-state index contributed by atoms with van der Waals surface area (Å²) in [5.41, 5.74) is 2.91. The van der Waals surface area contributed by atoms with Crippen molar-refractivity contribution >= 4 is 28.4 Å². The average Bonchev–Trinajstić information content (AvgIpc) is 3.44. The number of amides is 1. The largest absolute Gasteiger partial charge is 0.508 e. The van der Waals surface area contributed by atoms with E-state index in [1.54, 1.807) is 43.5 Å². The van der Waals surface area contributed by atoms with Crippen LogP contribution in [0.2, 0.25) is 0 Å². The fourth-order valence-corrected chi connectivity index (χ4v) is 4.75. The zero-order valence-corrected chi connectivity index (χ0v) is 20.4. The lowest BCUT2D eigenvalue weighted by Gasteiger charge is -2.25. The van der Waals surface area contributed by atoms with Crippen LogP contribution >= 0.6 is 0 Å². The van der Waals surface area contributed by atoms with Crippen LogP contribution in [0.5, 0.6) is 17.2 Å². The molecule has 2 heterocycles. The summed E-state index contributed by atoms with van der Waals surface area (Å²) in [5.74, 6) is -0.334. The Morgan fingerprint density at radius 2 is 1.62 bits per heavy atom. The average molecular weight is 499 g/mol. The molecule has 0 bridgehead atoms. The Balaban J connectivity index is 1.54. The molecule has 1 aliphatic heterocycles. The summed E-state index contributed by atoms with van der Waals surface area (Å²) in [6.45, 7) is 0.236. The Hall–Kier alpha value is -4.72. The molecule has 1 aliphatic rings. The monoisotopic (exact) mass is 498 g/mol. The normalized spacial score (nSPS) is 16.9. The van der Waals surface area contributed by atoms with Crippen LogP contribution in [0, 0.1) is 0 Å². The van der Waals surface area contributed by atoms with Gasteiger partial charge in [-0.3, -0.25) is 9.59 Å². The van der Waals surface area contributed by atoms with Crippen molar-refractivity contribution in [3.63, 3.8) is 0 Å². The van der Waals surface area contributed by atoms with Crippen LogP contribution in [-0.2, 0) is 16.0 Å². The molecule has 8 nitrogen and oxygen atoms in total. The molecule has 0 saturated carbocycles. The number of nitrogens with one attached hydrogen (secondary N) is 1. The van der Waals surface area contributed by atoms with Crippen molar-refractivity contribution in [3.05, 3.63) is 95.2 Å². The minimum Gasteiger partial charge on any atom is -0.508 e. The number of likely N-dealkylation sites (tertiary alicyclic amines) is 1. The van der Waals surface area contributed by atoms with Crippen LogP contribution in [0.4, 0.5) is 0 Å². The molecule has 1 fully saturated rings. The first kappa shape index (κ1) is 24.0. The maximum Gasteiger partial charge on any atom is 0.295 e. The number of fused-ring (bicyclic) bond motifs is 1. The number of methoxy groups -OCH3 is 2. The van der Waals surface area contributed by atoms with Crippen LogP contribution < -0.4 is 9.47 Å². The van der Waals surface area contributed by atoms with Gasteiger partial charge in [-0.15, -0.1) is 0 Å². The Labute approximate surface area is 213 Å². The Morgan fingerprint density at radius 1 is 0.946 bits per heavy atom. The minimum atomic E-state index is -0.817. The molecule has 4 aromatic rings. The van der Waals surface area contributed by atoms with Crippen LogP contribution in [-0.4, -0.2) is 52.6 Å². The van der Waals surface area contributed by atoms with Gasteiger partial charge in [0.25, 0.3) is 11.7 Å². The SMILES string of the molecule is COc1ccc(/C(O)=C2/C(=O)C(=O)N(CCc3c[nH]c4ccc(OC)cc34)C2c2ccc(O)cc2)cc1. The standard InChI is InChI=1S/C29H26N2O6/c1-36-21-9-5-18(6-10-21)27(33)25-26(17-3-7-20(32)8-4-17)31(29(35)28(25)34)14-13-19-16-30-24-12-11-22(37-2)15-23(19)24/h3-12,15-16,26,30,32-33H,13-14H2,1-2H3/b27-25-. The molecular formula is C29H26N2O6. The van der Waals surface area contributed by atoms with Gasteiger partial charge in [0.1, 0.15) is 23.0 Å². The number of carbonyl (C=O) groups is 2. The number of ether oxygens (including phenoxy) is 2. The maximum atomic E-state index is 13.3. The van der Waals surface area contributed by atoms with Gasteiger partial charge in [0.15, 0.2) is 0 Å². The lowest BCUT2D eigenvalue weighted by atomic mass is 9.95. The van der Waals surface area contributed by atoms with Gasteiger partial charge in [-0.25, -0.2) is 0 Å². The number of Topliss-reactive ketones (excluding diaryl/α,β-unsaturated/α-hetero) is 1. The number of rotatable bonds is 7. The molecule has 8 heteroatoms. The topological polar surface area (TPSA) is 112 Å². The second kappa shape index (κ2) is 9.73. The zero-order chi connectivity index (χ0) is 26.1. The number of aromatic hydroxyl groups is 1. The summed E-state index contributed by atoms with van der Waals surface area (Å²) in [4.78, 5) is 31.2. The van der Waals surface area contributed by atoms with Gasteiger partial charge >= 0.3 is 0 Å². The number of phenols is 1. The van der Waals surface area contributed by atoms with Gasteiger partial charge in [-0.2, -0.15) is 0 Å². The first-order chi connectivity index (χ1) is 17.9. The van der Waals surface area contributed by atoms with E-state index in [1.807, 2.05) is 24.4 Å². The zero-order valence-electron chi connectivity index (χ0n) is 20.4. The lowest BCUT2D eigenvalue weighted by Crippen LogP contribution is -2.31. The summed E-state index contributed by atoms with van der Waals surface area (Å²) in [6.07, 6.45) is 2.35. The fraction of sp³-hybridized carbons (Fsp3) is 0.172. The van der Waals surface area contributed by atoms with Crippen molar-refractivity contribution in [2.24, 2.45) is 0 Å². The molecule has 0 aliphatic carbocycles. The molecule has 5 rings (SSSR count). The molecule has 37 heavy (non-hydrogen) atoms. The third-order valence-electron chi connectivity index (χ3n) is 6.71. The van der Waals surface area contributed by atoms with Crippen molar-refractivity contribution < 1.29 is 29.3 Å². The number of nitrogens with zero attached hydrogens (tertiary/aromatic N) is 1. The number of aliphatic hydroxyl groups is 1. The highest BCUT2D eigenvalue weighted by Crippen LogP contribution is 2.40. The number of hydrogen-bond acceptors (Lipinski definition) is 6. The Kier molecular flexibility index (Phi) is 6.31. The second-order valence-electron chi connectivity index (χ2n) is 8.79. The van der Waals surface area contributed by atoms with E-state index in [0.29, 0.717) is 23.3 Å². The molecule has 188 valence electrons. The highest BCUT2D eigenvalue weighted by molar-refractivity contribution is 6.46. The number of carbonyl (C=O) groups excluding carboxylic acids is 2. The first-order valence-electron chi connectivity index (χ1n) is 11.8. The minimum absolute atomic E-state index is 0.00134.